The first-order valence-corrected chi connectivity index (χ1v) is 10.2. The number of benzene rings is 1. The normalized spacial score (nSPS) is 15.6. The van der Waals surface area contributed by atoms with Gasteiger partial charge in [-0.05, 0) is 12.1 Å². The van der Waals surface area contributed by atoms with Crippen LogP contribution in [0.5, 0.6) is 0 Å². The molecule has 5 rings (SSSR count). The number of para-hydroxylation sites is 1. The van der Waals surface area contributed by atoms with Crippen LogP contribution in [0.1, 0.15) is 5.69 Å². The molecule has 136 valence electrons. The minimum Gasteiger partial charge on any atom is -0.384 e. The van der Waals surface area contributed by atoms with Crippen LogP contribution in [0, 0.1) is 0 Å². The first-order chi connectivity index (χ1) is 13.3. The molecule has 0 spiro atoms. The molecule has 3 aromatic heterocycles. The van der Waals surface area contributed by atoms with Gasteiger partial charge in [-0.15, -0.1) is 0 Å². The summed E-state index contributed by atoms with van der Waals surface area (Å²) in [6.07, 6.45) is 3.71. The Hall–Kier alpha value is -2.64. The second-order valence-corrected chi connectivity index (χ2v) is 8.00. The fourth-order valence-corrected chi connectivity index (χ4v) is 4.51. The number of nitrogens with zero attached hydrogens (tertiary/aromatic N) is 5. The van der Waals surface area contributed by atoms with E-state index in [0.29, 0.717) is 5.82 Å². The molecule has 4 heterocycles. The van der Waals surface area contributed by atoms with Crippen molar-refractivity contribution in [2.75, 3.05) is 30.3 Å². The van der Waals surface area contributed by atoms with Crippen molar-refractivity contribution in [3.63, 3.8) is 0 Å². The van der Waals surface area contributed by atoms with E-state index in [9.17, 15) is 0 Å². The second-order valence-electron chi connectivity index (χ2n) is 6.77. The first-order valence-electron chi connectivity index (χ1n) is 9.06. The number of hydrogen-bond acceptors (Lipinski definition) is 6. The molecule has 0 aliphatic carbocycles. The molecule has 0 unspecified atom stereocenters. The van der Waals surface area contributed by atoms with Crippen LogP contribution in [0.3, 0.4) is 0 Å². The van der Waals surface area contributed by atoms with Gasteiger partial charge in [0.25, 0.3) is 0 Å². The van der Waals surface area contributed by atoms with E-state index in [1.54, 1.807) is 4.52 Å². The summed E-state index contributed by atoms with van der Waals surface area (Å²) in [5, 5.41) is 5.55. The third-order valence-electron chi connectivity index (χ3n) is 4.94. The van der Waals surface area contributed by atoms with Crippen molar-refractivity contribution >= 4 is 34.1 Å². The fraction of sp³-hybridized carbons (Fsp3) is 0.250. The predicted molar refractivity (Wildman–Crippen MR) is 111 cm³/mol. The quantitative estimate of drug-likeness (QED) is 0.592. The molecule has 2 N–H and O–H groups in total. The predicted octanol–water partition coefficient (Wildman–Crippen LogP) is 3.08. The highest BCUT2D eigenvalue weighted by molar-refractivity contribution is 7.99. The summed E-state index contributed by atoms with van der Waals surface area (Å²) in [7, 11) is 0. The molecule has 0 amide bonds. The molecule has 1 saturated heterocycles. The largest absolute Gasteiger partial charge is 0.384 e. The van der Waals surface area contributed by atoms with E-state index in [-0.39, 0.29) is 0 Å². The molecule has 0 bridgehead atoms. The molecule has 27 heavy (non-hydrogen) atoms. The SMILES string of the molecule is Nc1cc(CN2CCSCC2)nc2c(-c3cnc4ccccc4c3)cnn12. The monoisotopic (exact) mass is 376 g/mol. The Morgan fingerprint density at radius 1 is 1.07 bits per heavy atom. The molecule has 7 heteroatoms. The van der Waals surface area contributed by atoms with Gasteiger partial charge in [0.2, 0.25) is 0 Å². The number of hydrogen-bond donors (Lipinski definition) is 1. The van der Waals surface area contributed by atoms with Gasteiger partial charge in [0.15, 0.2) is 5.65 Å². The molecular weight excluding hydrogens is 356 g/mol. The second kappa shape index (κ2) is 6.83. The number of aromatic nitrogens is 4. The number of fused-ring (bicyclic) bond motifs is 2. The van der Waals surface area contributed by atoms with Crippen molar-refractivity contribution in [1.82, 2.24) is 24.5 Å². The smallest absolute Gasteiger partial charge is 0.165 e. The maximum Gasteiger partial charge on any atom is 0.165 e. The van der Waals surface area contributed by atoms with Gasteiger partial charge in [-0.2, -0.15) is 21.4 Å². The fourth-order valence-electron chi connectivity index (χ4n) is 3.53. The molecule has 0 saturated carbocycles. The van der Waals surface area contributed by atoms with Crippen LogP contribution in [0.15, 0.2) is 48.8 Å². The molecule has 4 aromatic rings. The van der Waals surface area contributed by atoms with Crippen LogP contribution >= 0.6 is 11.8 Å². The highest BCUT2D eigenvalue weighted by atomic mass is 32.2. The number of pyridine rings is 1. The Morgan fingerprint density at radius 2 is 1.93 bits per heavy atom. The number of thioether (sulfide) groups is 1. The topological polar surface area (TPSA) is 72.3 Å². The minimum atomic E-state index is 0.612. The zero-order chi connectivity index (χ0) is 18.2. The minimum absolute atomic E-state index is 0.612. The van der Waals surface area contributed by atoms with Crippen LogP contribution in [0.4, 0.5) is 5.82 Å². The van der Waals surface area contributed by atoms with Crippen molar-refractivity contribution in [1.29, 1.82) is 0 Å². The van der Waals surface area contributed by atoms with Crippen LogP contribution in [-0.4, -0.2) is 49.1 Å². The van der Waals surface area contributed by atoms with E-state index in [1.165, 1.54) is 11.5 Å². The van der Waals surface area contributed by atoms with E-state index >= 15 is 0 Å². The lowest BCUT2D eigenvalue weighted by atomic mass is 10.1. The van der Waals surface area contributed by atoms with Gasteiger partial charge < -0.3 is 5.73 Å². The Balaban J connectivity index is 1.57. The lowest BCUT2D eigenvalue weighted by molar-refractivity contribution is 0.291. The van der Waals surface area contributed by atoms with Crippen molar-refractivity contribution in [2.24, 2.45) is 0 Å². The van der Waals surface area contributed by atoms with E-state index in [1.807, 2.05) is 48.4 Å². The average molecular weight is 376 g/mol. The van der Waals surface area contributed by atoms with E-state index in [4.69, 9.17) is 10.7 Å². The van der Waals surface area contributed by atoms with E-state index < -0.39 is 0 Å². The Morgan fingerprint density at radius 3 is 2.81 bits per heavy atom. The molecule has 1 aromatic carbocycles. The summed E-state index contributed by atoms with van der Waals surface area (Å²) in [6, 6.07) is 12.2. The van der Waals surface area contributed by atoms with Crippen LogP contribution in [0.2, 0.25) is 0 Å². The molecule has 1 aliphatic heterocycles. The average Bonchev–Trinajstić information content (AvgIpc) is 3.13. The van der Waals surface area contributed by atoms with Gasteiger partial charge in [0.05, 0.1) is 17.4 Å². The molecule has 6 nitrogen and oxygen atoms in total. The van der Waals surface area contributed by atoms with E-state index in [2.05, 4.69) is 27.1 Å². The summed E-state index contributed by atoms with van der Waals surface area (Å²) in [6.45, 7) is 3.01. The lowest BCUT2D eigenvalue weighted by Gasteiger charge is -2.25. The van der Waals surface area contributed by atoms with Crippen molar-refractivity contribution in [3.8, 4) is 11.1 Å². The Kier molecular flexibility index (Phi) is 4.18. The first kappa shape index (κ1) is 16.5. The summed E-state index contributed by atoms with van der Waals surface area (Å²) >= 11 is 2.01. The molecule has 0 atom stereocenters. The van der Waals surface area contributed by atoms with Gasteiger partial charge >= 0.3 is 0 Å². The highest BCUT2D eigenvalue weighted by Crippen LogP contribution is 2.27. The van der Waals surface area contributed by atoms with Crippen LogP contribution in [0.25, 0.3) is 27.7 Å². The van der Waals surface area contributed by atoms with Gasteiger partial charge in [-0.3, -0.25) is 9.88 Å². The Labute approximate surface area is 161 Å². The van der Waals surface area contributed by atoms with Gasteiger partial charge in [0, 0.05) is 59.9 Å². The van der Waals surface area contributed by atoms with Gasteiger partial charge in [0.1, 0.15) is 5.82 Å². The third-order valence-corrected chi connectivity index (χ3v) is 5.89. The number of anilines is 1. The maximum atomic E-state index is 6.27. The molecule has 0 radical (unpaired) electrons. The summed E-state index contributed by atoms with van der Waals surface area (Å²) in [5.41, 5.74) is 11.0. The molecule has 1 fully saturated rings. The summed E-state index contributed by atoms with van der Waals surface area (Å²) < 4.78 is 1.71. The number of nitrogen functional groups attached to an aromatic ring is 1. The van der Waals surface area contributed by atoms with Crippen molar-refractivity contribution < 1.29 is 0 Å². The Bertz CT molecular complexity index is 1120. The lowest BCUT2D eigenvalue weighted by Crippen LogP contribution is -2.32. The number of rotatable bonds is 3. The van der Waals surface area contributed by atoms with Gasteiger partial charge in [-0.25, -0.2) is 4.98 Å². The summed E-state index contributed by atoms with van der Waals surface area (Å²) in [4.78, 5) is 11.9. The van der Waals surface area contributed by atoms with E-state index in [0.717, 1.165) is 53.0 Å². The zero-order valence-electron chi connectivity index (χ0n) is 14.9. The third kappa shape index (κ3) is 3.13. The molecular formula is C20H20N6S. The van der Waals surface area contributed by atoms with Crippen molar-refractivity contribution in [3.05, 3.63) is 54.5 Å². The number of nitrogens with two attached hydrogens (primary N) is 1. The standard InChI is InChI=1S/C20H20N6S/c21-19-10-16(13-25-5-7-27-8-6-25)24-20-17(12-23-26(19)20)15-9-14-3-1-2-4-18(14)22-11-15/h1-4,9-12H,5-8,13,21H2. The molecule has 1 aliphatic rings. The zero-order valence-corrected chi connectivity index (χ0v) is 15.7. The van der Waals surface area contributed by atoms with Gasteiger partial charge in [-0.1, -0.05) is 18.2 Å². The van der Waals surface area contributed by atoms with Crippen molar-refractivity contribution in [2.45, 2.75) is 6.54 Å². The van der Waals surface area contributed by atoms with Crippen LogP contribution in [-0.2, 0) is 6.54 Å². The highest BCUT2D eigenvalue weighted by Gasteiger charge is 2.16. The summed E-state index contributed by atoms with van der Waals surface area (Å²) in [5.74, 6) is 2.97. The van der Waals surface area contributed by atoms with Crippen LogP contribution < -0.4 is 5.73 Å². The maximum absolute atomic E-state index is 6.27.